The summed E-state index contributed by atoms with van der Waals surface area (Å²) >= 11 is 0. The molecular formula is C20H22F4N2. The number of aryl methyl sites for hydroxylation is 2. The molecule has 0 spiro atoms. The standard InChI is InChI=1S/C20H22F4N2/c1-5-26(4)12-25-19-8-14(3)16(11-18(19)21)9-15-10-17(20(22,23)24)7-6-13(15)2/h6-8,10-12H,5,9H2,1-4H3/b25-12+. The first-order chi connectivity index (χ1) is 12.1. The van der Waals surface area contributed by atoms with Crippen LogP contribution < -0.4 is 0 Å². The van der Waals surface area contributed by atoms with E-state index in [9.17, 15) is 17.6 Å². The third-order valence-corrected chi connectivity index (χ3v) is 4.36. The van der Waals surface area contributed by atoms with Crippen molar-refractivity contribution in [1.29, 1.82) is 0 Å². The molecule has 6 heteroatoms. The second-order valence-electron chi connectivity index (χ2n) is 6.36. The summed E-state index contributed by atoms with van der Waals surface area (Å²) in [6.07, 6.45) is -2.61. The van der Waals surface area contributed by atoms with E-state index in [0.717, 1.165) is 29.8 Å². The van der Waals surface area contributed by atoms with Crippen LogP contribution >= 0.6 is 0 Å². The second-order valence-corrected chi connectivity index (χ2v) is 6.36. The molecule has 0 aromatic heterocycles. The average molecular weight is 366 g/mol. The fraction of sp³-hybridized carbons (Fsp3) is 0.350. The van der Waals surface area contributed by atoms with E-state index in [-0.39, 0.29) is 12.1 Å². The highest BCUT2D eigenvalue weighted by Gasteiger charge is 2.30. The van der Waals surface area contributed by atoms with Crippen molar-refractivity contribution >= 4 is 12.0 Å². The number of aliphatic imine (C=N–C) groups is 1. The van der Waals surface area contributed by atoms with E-state index in [4.69, 9.17) is 0 Å². The van der Waals surface area contributed by atoms with Gasteiger partial charge in [-0.25, -0.2) is 9.38 Å². The minimum Gasteiger partial charge on any atom is -0.366 e. The lowest BCUT2D eigenvalue weighted by atomic mass is 9.95. The summed E-state index contributed by atoms with van der Waals surface area (Å²) in [6.45, 7) is 6.26. The molecule has 2 aromatic carbocycles. The maximum Gasteiger partial charge on any atom is 0.416 e. The Kier molecular flexibility index (Phi) is 6.05. The first-order valence-electron chi connectivity index (χ1n) is 8.32. The number of rotatable bonds is 5. The zero-order valence-electron chi connectivity index (χ0n) is 15.3. The van der Waals surface area contributed by atoms with E-state index < -0.39 is 17.6 Å². The van der Waals surface area contributed by atoms with Crippen molar-refractivity contribution in [1.82, 2.24) is 4.90 Å². The summed E-state index contributed by atoms with van der Waals surface area (Å²) in [5.41, 5.74) is 2.23. The van der Waals surface area contributed by atoms with Crippen molar-refractivity contribution in [2.45, 2.75) is 33.4 Å². The molecule has 0 N–H and O–H groups in total. The summed E-state index contributed by atoms with van der Waals surface area (Å²) in [7, 11) is 1.83. The van der Waals surface area contributed by atoms with Crippen LogP contribution in [-0.2, 0) is 12.6 Å². The molecule has 0 saturated carbocycles. The van der Waals surface area contributed by atoms with Crippen LogP contribution in [0.1, 0.15) is 34.7 Å². The number of benzene rings is 2. The lowest BCUT2D eigenvalue weighted by Crippen LogP contribution is -2.14. The Balaban J connectivity index is 2.34. The van der Waals surface area contributed by atoms with Crippen molar-refractivity contribution in [3.05, 3.63) is 64.0 Å². The van der Waals surface area contributed by atoms with Gasteiger partial charge in [0.25, 0.3) is 0 Å². The predicted octanol–water partition coefficient (Wildman–Crippen LogP) is 5.66. The molecule has 0 bridgehead atoms. The van der Waals surface area contributed by atoms with Crippen LogP contribution in [0.2, 0.25) is 0 Å². The largest absolute Gasteiger partial charge is 0.416 e. The van der Waals surface area contributed by atoms with Crippen LogP contribution in [0.25, 0.3) is 0 Å². The van der Waals surface area contributed by atoms with Gasteiger partial charge in [-0.3, -0.25) is 0 Å². The normalized spacial score (nSPS) is 12.0. The molecule has 0 saturated heterocycles. The molecular weight excluding hydrogens is 344 g/mol. The summed E-state index contributed by atoms with van der Waals surface area (Å²) < 4.78 is 53.1. The second kappa shape index (κ2) is 7.89. The van der Waals surface area contributed by atoms with Crippen molar-refractivity contribution in [2.24, 2.45) is 4.99 Å². The molecule has 2 aromatic rings. The smallest absolute Gasteiger partial charge is 0.366 e. The van der Waals surface area contributed by atoms with E-state index in [0.29, 0.717) is 11.1 Å². The Morgan fingerprint density at radius 2 is 1.69 bits per heavy atom. The highest BCUT2D eigenvalue weighted by molar-refractivity contribution is 5.62. The summed E-state index contributed by atoms with van der Waals surface area (Å²) in [5.74, 6) is -0.490. The Morgan fingerprint density at radius 1 is 1.04 bits per heavy atom. The van der Waals surface area contributed by atoms with Gasteiger partial charge in [-0.05, 0) is 73.7 Å². The van der Waals surface area contributed by atoms with E-state index in [1.165, 1.54) is 12.1 Å². The molecule has 0 heterocycles. The quantitative estimate of drug-likeness (QED) is 0.378. The first-order valence-corrected chi connectivity index (χ1v) is 8.32. The molecule has 2 nitrogen and oxygen atoms in total. The predicted molar refractivity (Wildman–Crippen MR) is 96.6 cm³/mol. The van der Waals surface area contributed by atoms with Gasteiger partial charge in [0.15, 0.2) is 0 Å². The summed E-state index contributed by atoms with van der Waals surface area (Å²) in [4.78, 5) is 5.94. The topological polar surface area (TPSA) is 15.6 Å². The molecule has 0 aliphatic carbocycles. The highest BCUT2D eigenvalue weighted by atomic mass is 19.4. The van der Waals surface area contributed by atoms with Gasteiger partial charge in [0.2, 0.25) is 0 Å². The van der Waals surface area contributed by atoms with Crippen LogP contribution in [0.4, 0.5) is 23.2 Å². The van der Waals surface area contributed by atoms with Gasteiger partial charge in [0.1, 0.15) is 11.5 Å². The number of hydrogen-bond donors (Lipinski definition) is 0. The molecule has 0 atom stereocenters. The molecule has 0 aliphatic rings. The lowest BCUT2D eigenvalue weighted by Gasteiger charge is -2.14. The molecule has 0 unspecified atom stereocenters. The molecule has 0 fully saturated rings. The number of halogens is 4. The Morgan fingerprint density at radius 3 is 2.31 bits per heavy atom. The van der Waals surface area contributed by atoms with Gasteiger partial charge < -0.3 is 4.90 Å². The van der Waals surface area contributed by atoms with Gasteiger partial charge >= 0.3 is 6.18 Å². The minimum atomic E-state index is -4.40. The number of alkyl halides is 3. The Bertz CT molecular complexity index is 810. The lowest BCUT2D eigenvalue weighted by molar-refractivity contribution is -0.137. The van der Waals surface area contributed by atoms with Gasteiger partial charge in [-0.2, -0.15) is 13.2 Å². The average Bonchev–Trinajstić information content (AvgIpc) is 2.57. The van der Waals surface area contributed by atoms with E-state index in [2.05, 4.69) is 4.99 Å². The van der Waals surface area contributed by atoms with Crippen LogP contribution in [0.5, 0.6) is 0 Å². The van der Waals surface area contributed by atoms with Crippen LogP contribution in [0.3, 0.4) is 0 Å². The third kappa shape index (κ3) is 4.84. The molecule has 2 rings (SSSR count). The van der Waals surface area contributed by atoms with Crippen molar-refractivity contribution in [3.8, 4) is 0 Å². The Labute approximate surface area is 151 Å². The van der Waals surface area contributed by atoms with Crippen LogP contribution in [0, 0.1) is 19.7 Å². The van der Waals surface area contributed by atoms with E-state index in [1.54, 1.807) is 26.3 Å². The van der Waals surface area contributed by atoms with Gasteiger partial charge in [-0.15, -0.1) is 0 Å². The van der Waals surface area contributed by atoms with E-state index >= 15 is 0 Å². The van der Waals surface area contributed by atoms with Crippen molar-refractivity contribution in [2.75, 3.05) is 13.6 Å². The minimum absolute atomic E-state index is 0.215. The third-order valence-electron chi connectivity index (χ3n) is 4.36. The fourth-order valence-corrected chi connectivity index (χ4v) is 2.48. The zero-order valence-corrected chi connectivity index (χ0v) is 15.3. The molecule has 140 valence electrons. The maximum atomic E-state index is 14.3. The molecule has 0 radical (unpaired) electrons. The first kappa shape index (κ1) is 19.9. The zero-order chi connectivity index (χ0) is 19.5. The number of hydrogen-bond acceptors (Lipinski definition) is 1. The van der Waals surface area contributed by atoms with Crippen molar-refractivity contribution in [3.63, 3.8) is 0 Å². The monoisotopic (exact) mass is 366 g/mol. The van der Waals surface area contributed by atoms with Gasteiger partial charge in [-0.1, -0.05) is 6.07 Å². The van der Waals surface area contributed by atoms with Gasteiger partial charge in [0, 0.05) is 13.6 Å². The fourth-order valence-electron chi connectivity index (χ4n) is 2.48. The molecule has 26 heavy (non-hydrogen) atoms. The van der Waals surface area contributed by atoms with Crippen LogP contribution in [-0.4, -0.2) is 24.8 Å². The van der Waals surface area contributed by atoms with Crippen LogP contribution in [0.15, 0.2) is 35.3 Å². The summed E-state index contributed by atoms with van der Waals surface area (Å²) in [5, 5.41) is 0. The maximum absolute atomic E-state index is 14.3. The molecule has 0 aliphatic heterocycles. The van der Waals surface area contributed by atoms with E-state index in [1.807, 2.05) is 18.9 Å². The highest BCUT2D eigenvalue weighted by Crippen LogP contribution is 2.32. The van der Waals surface area contributed by atoms with Gasteiger partial charge in [0.05, 0.1) is 11.9 Å². The number of nitrogens with zero attached hydrogens (tertiary/aromatic N) is 2. The SMILES string of the molecule is CCN(C)/C=N/c1cc(C)c(Cc2cc(C(F)(F)F)ccc2C)cc1F. The summed E-state index contributed by atoms with van der Waals surface area (Å²) in [6, 6.07) is 6.62. The Hall–Kier alpha value is -2.37. The van der Waals surface area contributed by atoms with Crippen molar-refractivity contribution < 1.29 is 17.6 Å². The molecule has 0 amide bonds.